The summed E-state index contributed by atoms with van der Waals surface area (Å²) in [4.78, 5) is 8.29. The van der Waals surface area contributed by atoms with Crippen LogP contribution in [0.4, 0.5) is 23.3 Å². The third-order valence-corrected chi connectivity index (χ3v) is 3.38. The Bertz CT molecular complexity index is 605. The number of nitrogen functional groups attached to an aromatic ring is 1. The summed E-state index contributed by atoms with van der Waals surface area (Å²) in [6.45, 7) is 2.92. The van der Waals surface area contributed by atoms with Gasteiger partial charge in [0.05, 0.1) is 5.69 Å². The zero-order valence-electron chi connectivity index (χ0n) is 11.0. The summed E-state index contributed by atoms with van der Waals surface area (Å²) in [5, 5.41) is 7.02. The fourth-order valence-corrected chi connectivity index (χ4v) is 2.38. The molecule has 0 aliphatic rings. The van der Waals surface area contributed by atoms with Gasteiger partial charge in [0.2, 0.25) is 5.95 Å². The van der Waals surface area contributed by atoms with Gasteiger partial charge < -0.3 is 16.4 Å². The molecule has 106 valence electrons. The van der Waals surface area contributed by atoms with Gasteiger partial charge >= 0.3 is 0 Å². The van der Waals surface area contributed by atoms with Crippen molar-refractivity contribution < 1.29 is 0 Å². The van der Waals surface area contributed by atoms with E-state index in [0.717, 1.165) is 23.1 Å². The van der Waals surface area contributed by atoms with Crippen molar-refractivity contribution in [2.75, 3.05) is 22.9 Å². The molecule has 2 rings (SSSR count). The number of hydrogen-bond acceptors (Lipinski definition) is 5. The number of aromatic nitrogens is 2. The van der Waals surface area contributed by atoms with E-state index in [1.54, 1.807) is 6.07 Å². The molecular weight excluding hydrogens is 342 g/mol. The zero-order chi connectivity index (χ0) is 14.5. The van der Waals surface area contributed by atoms with E-state index in [4.69, 9.17) is 17.3 Å². The van der Waals surface area contributed by atoms with E-state index in [9.17, 15) is 0 Å². The van der Waals surface area contributed by atoms with E-state index in [1.165, 1.54) is 0 Å². The summed E-state index contributed by atoms with van der Waals surface area (Å²) < 4.78 is 0.852. The van der Waals surface area contributed by atoms with Gasteiger partial charge in [-0.25, -0.2) is 0 Å². The van der Waals surface area contributed by atoms with E-state index in [0.29, 0.717) is 16.7 Å². The Morgan fingerprint density at radius 3 is 2.70 bits per heavy atom. The SMILES string of the molecule is CCCNc1cc(Nc2ccc(Cl)cc2Br)nc(N)n1. The van der Waals surface area contributed by atoms with Crippen LogP contribution in [0.1, 0.15) is 13.3 Å². The standard InChI is InChI=1S/C13H15BrClN5/c1-2-5-17-11-7-12(20-13(16)19-11)18-10-4-3-8(15)6-9(10)14/h3-4,6-7H,2,5H2,1H3,(H4,16,17,18,19,20). The van der Waals surface area contributed by atoms with Crippen molar-refractivity contribution in [2.45, 2.75) is 13.3 Å². The molecule has 0 unspecified atom stereocenters. The predicted octanol–water partition coefficient (Wildman–Crippen LogP) is 4.04. The minimum atomic E-state index is 0.221. The molecule has 0 saturated heterocycles. The third kappa shape index (κ3) is 3.98. The molecule has 0 aliphatic carbocycles. The second kappa shape index (κ2) is 6.76. The number of anilines is 4. The number of nitrogens with zero attached hydrogens (tertiary/aromatic N) is 2. The summed E-state index contributed by atoms with van der Waals surface area (Å²) in [6, 6.07) is 7.29. The first-order chi connectivity index (χ1) is 9.58. The first-order valence-electron chi connectivity index (χ1n) is 6.19. The number of nitrogens with two attached hydrogens (primary N) is 1. The van der Waals surface area contributed by atoms with Crippen LogP contribution in [0.25, 0.3) is 0 Å². The molecule has 0 atom stereocenters. The van der Waals surface area contributed by atoms with Crippen molar-refractivity contribution >= 4 is 50.8 Å². The summed E-state index contributed by atoms with van der Waals surface area (Å²) in [7, 11) is 0. The Balaban J connectivity index is 2.21. The topological polar surface area (TPSA) is 75.9 Å². The van der Waals surface area contributed by atoms with Crippen LogP contribution in [-0.2, 0) is 0 Å². The lowest BCUT2D eigenvalue weighted by atomic mass is 10.3. The van der Waals surface area contributed by atoms with Crippen LogP contribution >= 0.6 is 27.5 Å². The van der Waals surface area contributed by atoms with Crippen LogP contribution in [-0.4, -0.2) is 16.5 Å². The lowest BCUT2D eigenvalue weighted by molar-refractivity contribution is 0.967. The van der Waals surface area contributed by atoms with Gasteiger partial charge in [0.15, 0.2) is 0 Å². The normalized spacial score (nSPS) is 10.3. The van der Waals surface area contributed by atoms with E-state index in [-0.39, 0.29) is 5.95 Å². The molecule has 0 radical (unpaired) electrons. The Morgan fingerprint density at radius 2 is 2.00 bits per heavy atom. The molecule has 1 heterocycles. The average molecular weight is 357 g/mol. The van der Waals surface area contributed by atoms with Gasteiger partial charge in [-0.2, -0.15) is 9.97 Å². The molecule has 0 saturated carbocycles. The monoisotopic (exact) mass is 355 g/mol. The summed E-state index contributed by atoms with van der Waals surface area (Å²) in [5.41, 5.74) is 6.57. The number of hydrogen-bond donors (Lipinski definition) is 3. The minimum Gasteiger partial charge on any atom is -0.370 e. The van der Waals surface area contributed by atoms with Gasteiger partial charge in [-0.15, -0.1) is 0 Å². The first kappa shape index (κ1) is 14.9. The van der Waals surface area contributed by atoms with Crippen LogP contribution in [0.2, 0.25) is 5.02 Å². The Kier molecular flexibility index (Phi) is 5.03. The number of benzene rings is 1. The Hall–Kier alpha value is -1.53. The molecule has 0 bridgehead atoms. The molecule has 0 spiro atoms. The smallest absolute Gasteiger partial charge is 0.223 e. The Morgan fingerprint density at radius 1 is 1.25 bits per heavy atom. The van der Waals surface area contributed by atoms with Crippen LogP contribution < -0.4 is 16.4 Å². The van der Waals surface area contributed by atoms with Gasteiger partial charge in [-0.05, 0) is 40.5 Å². The highest BCUT2D eigenvalue weighted by molar-refractivity contribution is 9.10. The predicted molar refractivity (Wildman–Crippen MR) is 87.7 cm³/mol. The highest BCUT2D eigenvalue weighted by Crippen LogP contribution is 2.28. The molecule has 4 N–H and O–H groups in total. The van der Waals surface area contributed by atoms with Gasteiger partial charge in [-0.3, -0.25) is 0 Å². The molecule has 0 fully saturated rings. The number of nitrogens with one attached hydrogen (secondary N) is 2. The van der Waals surface area contributed by atoms with E-state index in [1.807, 2.05) is 18.2 Å². The van der Waals surface area contributed by atoms with Crippen LogP contribution in [0.3, 0.4) is 0 Å². The Labute approximate surface area is 131 Å². The van der Waals surface area contributed by atoms with Gasteiger partial charge in [0.25, 0.3) is 0 Å². The molecule has 20 heavy (non-hydrogen) atoms. The fraction of sp³-hybridized carbons (Fsp3) is 0.231. The van der Waals surface area contributed by atoms with E-state index in [2.05, 4.69) is 43.5 Å². The number of rotatable bonds is 5. The van der Waals surface area contributed by atoms with Crippen molar-refractivity contribution in [3.8, 4) is 0 Å². The summed E-state index contributed by atoms with van der Waals surface area (Å²) in [6.07, 6.45) is 1.01. The highest BCUT2D eigenvalue weighted by atomic mass is 79.9. The summed E-state index contributed by atoms with van der Waals surface area (Å²) in [5.74, 6) is 1.55. The second-order valence-electron chi connectivity index (χ2n) is 4.17. The van der Waals surface area contributed by atoms with Gasteiger partial charge in [0, 0.05) is 22.1 Å². The van der Waals surface area contributed by atoms with Gasteiger partial charge in [-0.1, -0.05) is 18.5 Å². The van der Waals surface area contributed by atoms with Crippen molar-refractivity contribution in [2.24, 2.45) is 0 Å². The first-order valence-corrected chi connectivity index (χ1v) is 7.36. The molecule has 1 aromatic carbocycles. The van der Waals surface area contributed by atoms with Crippen LogP contribution in [0.15, 0.2) is 28.7 Å². The third-order valence-electron chi connectivity index (χ3n) is 2.49. The molecule has 7 heteroatoms. The highest BCUT2D eigenvalue weighted by Gasteiger charge is 2.05. The zero-order valence-corrected chi connectivity index (χ0v) is 13.3. The molecule has 1 aromatic heterocycles. The quantitative estimate of drug-likeness (QED) is 0.754. The lowest BCUT2D eigenvalue weighted by Crippen LogP contribution is -2.07. The molecule has 0 aliphatic heterocycles. The van der Waals surface area contributed by atoms with E-state index < -0.39 is 0 Å². The maximum Gasteiger partial charge on any atom is 0.223 e. The maximum atomic E-state index is 5.91. The van der Waals surface area contributed by atoms with E-state index >= 15 is 0 Å². The maximum absolute atomic E-state index is 5.91. The van der Waals surface area contributed by atoms with Crippen LogP contribution in [0, 0.1) is 0 Å². The average Bonchev–Trinajstić information content (AvgIpc) is 2.39. The molecule has 5 nitrogen and oxygen atoms in total. The lowest BCUT2D eigenvalue weighted by Gasteiger charge is -2.11. The number of halogens is 2. The van der Waals surface area contributed by atoms with Crippen molar-refractivity contribution in [3.63, 3.8) is 0 Å². The molecule has 0 amide bonds. The van der Waals surface area contributed by atoms with Crippen molar-refractivity contribution in [3.05, 3.63) is 33.8 Å². The molecule has 2 aromatic rings. The summed E-state index contributed by atoms with van der Waals surface area (Å²) >= 11 is 9.36. The largest absolute Gasteiger partial charge is 0.370 e. The van der Waals surface area contributed by atoms with Gasteiger partial charge in [0.1, 0.15) is 11.6 Å². The van der Waals surface area contributed by atoms with Crippen molar-refractivity contribution in [1.82, 2.24) is 9.97 Å². The minimum absolute atomic E-state index is 0.221. The van der Waals surface area contributed by atoms with Crippen LogP contribution in [0.5, 0.6) is 0 Å². The second-order valence-corrected chi connectivity index (χ2v) is 5.46. The van der Waals surface area contributed by atoms with Crippen molar-refractivity contribution in [1.29, 1.82) is 0 Å². The fourth-order valence-electron chi connectivity index (χ4n) is 1.60. The molecular formula is C13H15BrClN5.